The van der Waals surface area contributed by atoms with Crippen LogP contribution in [0.3, 0.4) is 0 Å². The molecule has 1 atom stereocenters. The molecule has 0 aromatic heterocycles. The van der Waals surface area contributed by atoms with Crippen molar-refractivity contribution in [3.63, 3.8) is 0 Å². The number of aryl methyl sites for hydroxylation is 1. The molecule has 100 valence electrons. The van der Waals surface area contributed by atoms with Gasteiger partial charge in [-0.15, -0.1) is 0 Å². The third-order valence-electron chi connectivity index (χ3n) is 3.21. The lowest BCUT2D eigenvalue weighted by Gasteiger charge is -2.24. The van der Waals surface area contributed by atoms with Gasteiger partial charge in [-0.3, -0.25) is 0 Å². The van der Waals surface area contributed by atoms with Gasteiger partial charge in [-0.25, -0.2) is 4.39 Å². The summed E-state index contributed by atoms with van der Waals surface area (Å²) in [4.78, 5) is 0. The van der Waals surface area contributed by atoms with Crippen molar-refractivity contribution < 1.29 is 9.50 Å². The summed E-state index contributed by atoms with van der Waals surface area (Å²) < 4.78 is 13.6. The summed E-state index contributed by atoms with van der Waals surface area (Å²) in [5.74, 6) is -0.293. The Balaban J connectivity index is 2.25. The lowest BCUT2D eigenvalue weighted by Crippen LogP contribution is -2.24. The van der Waals surface area contributed by atoms with E-state index < -0.39 is 5.60 Å². The minimum absolute atomic E-state index is 0.293. The summed E-state index contributed by atoms with van der Waals surface area (Å²) in [7, 11) is 0. The molecule has 0 fully saturated rings. The quantitative estimate of drug-likeness (QED) is 0.890. The monoisotopic (exact) mass is 322 g/mol. The van der Waals surface area contributed by atoms with E-state index in [1.807, 2.05) is 31.2 Å². The Morgan fingerprint density at radius 1 is 1.16 bits per heavy atom. The number of hydrogen-bond acceptors (Lipinski definition) is 1. The molecule has 2 aromatic rings. The van der Waals surface area contributed by atoms with Crippen molar-refractivity contribution in [3.8, 4) is 0 Å². The molecule has 0 aliphatic rings. The van der Waals surface area contributed by atoms with Crippen molar-refractivity contribution in [2.45, 2.75) is 25.9 Å². The molecule has 3 heteroatoms. The maximum Gasteiger partial charge on any atom is 0.137 e. The second kappa shape index (κ2) is 5.43. The Hall–Kier alpha value is -1.19. The van der Waals surface area contributed by atoms with Gasteiger partial charge < -0.3 is 5.11 Å². The van der Waals surface area contributed by atoms with Gasteiger partial charge in [0, 0.05) is 6.42 Å². The fraction of sp³-hybridized carbons (Fsp3) is 0.250. The molecule has 0 saturated heterocycles. The second-order valence-electron chi connectivity index (χ2n) is 5.07. The zero-order valence-electron chi connectivity index (χ0n) is 11.0. The molecule has 0 bridgehead atoms. The second-order valence-corrected chi connectivity index (χ2v) is 5.92. The zero-order valence-corrected chi connectivity index (χ0v) is 12.5. The van der Waals surface area contributed by atoms with Gasteiger partial charge in [0.25, 0.3) is 0 Å². The molecule has 0 heterocycles. The molecule has 0 amide bonds. The highest BCUT2D eigenvalue weighted by atomic mass is 79.9. The van der Waals surface area contributed by atoms with Crippen LogP contribution < -0.4 is 0 Å². The zero-order chi connectivity index (χ0) is 14.0. The summed E-state index contributed by atoms with van der Waals surface area (Å²) in [5.41, 5.74) is 1.94. The van der Waals surface area contributed by atoms with Crippen LogP contribution in [-0.2, 0) is 12.0 Å². The van der Waals surface area contributed by atoms with E-state index in [-0.39, 0.29) is 5.82 Å². The number of rotatable bonds is 3. The average molecular weight is 323 g/mol. The van der Waals surface area contributed by atoms with Gasteiger partial charge in [-0.1, -0.05) is 35.9 Å². The molecule has 0 saturated carbocycles. The first-order valence-electron chi connectivity index (χ1n) is 6.12. The largest absolute Gasteiger partial charge is 0.385 e. The molecular formula is C16H16BrFO. The number of hydrogen-bond donors (Lipinski definition) is 1. The lowest BCUT2D eigenvalue weighted by molar-refractivity contribution is 0.0576. The van der Waals surface area contributed by atoms with E-state index in [1.54, 1.807) is 19.1 Å². The van der Waals surface area contributed by atoms with Gasteiger partial charge in [-0.2, -0.15) is 0 Å². The molecule has 0 aliphatic heterocycles. The predicted molar refractivity (Wildman–Crippen MR) is 78.6 cm³/mol. The van der Waals surface area contributed by atoms with Gasteiger partial charge in [0.05, 0.1) is 10.1 Å². The first kappa shape index (κ1) is 14.2. The number of benzene rings is 2. The van der Waals surface area contributed by atoms with Crippen LogP contribution in [0.4, 0.5) is 4.39 Å². The smallest absolute Gasteiger partial charge is 0.137 e. The minimum atomic E-state index is -0.967. The van der Waals surface area contributed by atoms with Gasteiger partial charge in [0.2, 0.25) is 0 Å². The van der Waals surface area contributed by atoms with Crippen molar-refractivity contribution in [3.05, 3.63) is 69.4 Å². The Kier molecular flexibility index (Phi) is 4.07. The summed E-state index contributed by atoms with van der Waals surface area (Å²) in [6, 6.07) is 12.6. The van der Waals surface area contributed by atoms with Gasteiger partial charge in [0.15, 0.2) is 0 Å². The number of halogens is 2. The highest BCUT2D eigenvalue weighted by molar-refractivity contribution is 9.10. The topological polar surface area (TPSA) is 20.2 Å². The molecule has 19 heavy (non-hydrogen) atoms. The summed E-state index contributed by atoms with van der Waals surface area (Å²) in [5, 5.41) is 10.6. The van der Waals surface area contributed by atoms with E-state index >= 15 is 0 Å². The van der Waals surface area contributed by atoms with Crippen LogP contribution in [0.2, 0.25) is 0 Å². The maximum absolute atomic E-state index is 13.2. The highest BCUT2D eigenvalue weighted by Crippen LogP contribution is 2.27. The van der Waals surface area contributed by atoms with Gasteiger partial charge in [0.1, 0.15) is 5.82 Å². The van der Waals surface area contributed by atoms with Crippen LogP contribution in [0.25, 0.3) is 0 Å². The molecule has 0 aliphatic carbocycles. The normalized spacial score (nSPS) is 14.2. The van der Waals surface area contributed by atoms with Gasteiger partial charge >= 0.3 is 0 Å². The Morgan fingerprint density at radius 3 is 2.37 bits per heavy atom. The van der Waals surface area contributed by atoms with E-state index in [0.29, 0.717) is 10.9 Å². The standard InChI is InChI=1S/C16H16BrFO/c1-11-3-6-13(7-4-11)16(2,19)10-12-5-8-15(18)14(17)9-12/h3-9,19H,10H2,1-2H3. The van der Waals surface area contributed by atoms with E-state index in [1.165, 1.54) is 6.07 Å². The van der Waals surface area contributed by atoms with E-state index in [9.17, 15) is 9.50 Å². The summed E-state index contributed by atoms with van der Waals surface area (Å²) in [6.45, 7) is 3.78. The Labute approximate surface area is 121 Å². The minimum Gasteiger partial charge on any atom is -0.385 e. The van der Waals surface area contributed by atoms with Crippen LogP contribution in [-0.4, -0.2) is 5.11 Å². The summed E-state index contributed by atoms with van der Waals surface area (Å²) >= 11 is 3.16. The van der Waals surface area contributed by atoms with Crippen molar-refractivity contribution in [2.75, 3.05) is 0 Å². The first-order valence-corrected chi connectivity index (χ1v) is 6.91. The van der Waals surface area contributed by atoms with E-state index in [4.69, 9.17) is 0 Å². The molecule has 1 N–H and O–H groups in total. The van der Waals surface area contributed by atoms with Crippen LogP contribution in [0, 0.1) is 12.7 Å². The Bertz CT molecular complexity index is 576. The van der Waals surface area contributed by atoms with Crippen LogP contribution in [0.5, 0.6) is 0 Å². The molecule has 0 radical (unpaired) electrons. The SMILES string of the molecule is Cc1ccc(C(C)(O)Cc2ccc(F)c(Br)c2)cc1. The van der Waals surface area contributed by atoms with Crippen LogP contribution in [0.15, 0.2) is 46.9 Å². The molecule has 1 unspecified atom stereocenters. The predicted octanol–water partition coefficient (Wildman–Crippen LogP) is 4.35. The summed E-state index contributed by atoms with van der Waals surface area (Å²) in [6.07, 6.45) is 0.439. The molecular weight excluding hydrogens is 307 g/mol. The van der Waals surface area contributed by atoms with Crippen molar-refractivity contribution in [1.29, 1.82) is 0 Å². The van der Waals surface area contributed by atoms with Crippen molar-refractivity contribution >= 4 is 15.9 Å². The van der Waals surface area contributed by atoms with E-state index in [2.05, 4.69) is 15.9 Å². The first-order chi connectivity index (χ1) is 8.88. The fourth-order valence-corrected chi connectivity index (χ4v) is 2.49. The van der Waals surface area contributed by atoms with Crippen LogP contribution >= 0.6 is 15.9 Å². The third-order valence-corrected chi connectivity index (χ3v) is 3.81. The van der Waals surface area contributed by atoms with Crippen molar-refractivity contribution in [1.82, 2.24) is 0 Å². The third kappa shape index (κ3) is 3.43. The fourth-order valence-electron chi connectivity index (χ4n) is 2.06. The average Bonchev–Trinajstić information content (AvgIpc) is 2.34. The molecule has 2 rings (SSSR count). The van der Waals surface area contributed by atoms with Crippen molar-refractivity contribution in [2.24, 2.45) is 0 Å². The molecule has 2 aromatic carbocycles. The maximum atomic E-state index is 13.2. The molecule has 0 spiro atoms. The van der Waals surface area contributed by atoms with E-state index in [0.717, 1.165) is 16.7 Å². The van der Waals surface area contributed by atoms with Crippen LogP contribution in [0.1, 0.15) is 23.6 Å². The number of aliphatic hydroxyl groups is 1. The Morgan fingerprint density at radius 2 is 1.79 bits per heavy atom. The lowest BCUT2D eigenvalue weighted by atomic mass is 9.89. The highest BCUT2D eigenvalue weighted by Gasteiger charge is 2.23. The van der Waals surface area contributed by atoms with Gasteiger partial charge in [-0.05, 0) is 53.0 Å². The molecule has 1 nitrogen and oxygen atoms in total.